The van der Waals surface area contributed by atoms with Crippen molar-refractivity contribution in [3.8, 4) is 0 Å². The second-order valence-electron chi connectivity index (χ2n) is 5.04. The summed E-state index contributed by atoms with van der Waals surface area (Å²) in [5, 5.41) is 7.27. The number of hydrogen-bond donors (Lipinski definition) is 1. The van der Waals surface area contributed by atoms with Gasteiger partial charge in [0.1, 0.15) is 5.82 Å². The number of aromatic nitrogens is 1. The summed E-state index contributed by atoms with van der Waals surface area (Å²) < 4.78 is 18.4. The molecule has 3 rings (SSSR count). The quantitative estimate of drug-likeness (QED) is 0.806. The van der Waals surface area contributed by atoms with Crippen LogP contribution in [0.25, 0.3) is 11.0 Å². The molecule has 22 heavy (non-hydrogen) atoms. The Kier molecular flexibility index (Phi) is 3.50. The predicted octanol–water partition coefficient (Wildman–Crippen LogP) is 3.29. The van der Waals surface area contributed by atoms with Crippen LogP contribution in [-0.2, 0) is 0 Å². The smallest absolute Gasteiger partial charge is 0.257 e. The molecule has 2 aromatic carbocycles. The molecule has 3 aromatic rings. The van der Waals surface area contributed by atoms with Gasteiger partial charge in [0.2, 0.25) is 0 Å². The number of benzene rings is 2. The Bertz CT molecular complexity index is 842. The zero-order valence-electron chi connectivity index (χ0n) is 12.1. The summed E-state index contributed by atoms with van der Waals surface area (Å²) in [5.41, 5.74) is 1.66. The molecule has 1 heterocycles. The minimum Gasteiger partial charge on any atom is -0.377 e. The molecule has 0 bridgehead atoms. The summed E-state index contributed by atoms with van der Waals surface area (Å²) in [4.78, 5) is 14.1. The molecule has 1 aromatic heterocycles. The molecule has 0 radical (unpaired) electrons. The van der Waals surface area contributed by atoms with Crippen molar-refractivity contribution in [3.63, 3.8) is 0 Å². The van der Waals surface area contributed by atoms with Gasteiger partial charge in [-0.2, -0.15) is 0 Å². The standard InChI is InChI=1S/C16H14FN3O2/c1-20(2)12-7-4-8-13-14(12)15(19-22-13)18-16(21)10-5-3-6-11(17)9-10/h3-9H,1-2H3,(H,18,19,21). The molecular weight excluding hydrogens is 285 g/mol. The van der Waals surface area contributed by atoms with Crippen molar-refractivity contribution < 1.29 is 13.7 Å². The normalized spacial score (nSPS) is 10.7. The van der Waals surface area contributed by atoms with Gasteiger partial charge in [-0.1, -0.05) is 17.3 Å². The summed E-state index contributed by atoms with van der Waals surface area (Å²) in [6, 6.07) is 11.0. The van der Waals surface area contributed by atoms with Gasteiger partial charge in [0, 0.05) is 19.7 Å². The summed E-state index contributed by atoms with van der Waals surface area (Å²) in [5.74, 6) is -0.594. The van der Waals surface area contributed by atoms with Gasteiger partial charge in [-0.3, -0.25) is 4.79 Å². The number of nitrogens with zero attached hydrogens (tertiary/aromatic N) is 2. The number of amides is 1. The molecule has 0 spiro atoms. The first kappa shape index (κ1) is 14.1. The van der Waals surface area contributed by atoms with E-state index in [4.69, 9.17) is 4.52 Å². The van der Waals surface area contributed by atoms with E-state index in [1.165, 1.54) is 24.3 Å². The van der Waals surface area contributed by atoms with Crippen LogP contribution in [0.1, 0.15) is 10.4 Å². The van der Waals surface area contributed by atoms with Crippen LogP contribution in [-0.4, -0.2) is 25.2 Å². The highest BCUT2D eigenvalue weighted by Crippen LogP contribution is 2.32. The fourth-order valence-corrected chi connectivity index (χ4v) is 2.24. The number of nitrogens with one attached hydrogen (secondary N) is 1. The molecule has 0 saturated heterocycles. The largest absolute Gasteiger partial charge is 0.377 e. The Morgan fingerprint density at radius 1 is 1.23 bits per heavy atom. The maximum Gasteiger partial charge on any atom is 0.257 e. The van der Waals surface area contributed by atoms with Crippen molar-refractivity contribution >= 4 is 28.4 Å². The number of carbonyl (C=O) groups excluding carboxylic acids is 1. The highest BCUT2D eigenvalue weighted by molar-refractivity contribution is 6.10. The zero-order chi connectivity index (χ0) is 15.7. The number of rotatable bonds is 3. The minimum absolute atomic E-state index is 0.221. The first-order valence-corrected chi connectivity index (χ1v) is 6.69. The fourth-order valence-electron chi connectivity index (χ4n) is 2.24. The van der Waals surface area contributed by atoms with E-state index in [0.29, 0.717) is 16.8 Å². The van der Waals surface area contributed by atoms with E-state index in [2.05, 4.69) is 10.5 Å². The molecule has 1 N–H and O–H groups in total. The topological polar surface area (TPSA) is 58.4 Å². The SMILES string of the molecule is CN(C)c1cccc2onc(NC(=O)c3cccc(F)c3)c12. The first-order valence-electron chi connectivity index (χ1n) is 6.69. The summed E-state index contributed by atoms with van der Waals surface area (Å²) in [7, 11) is 3.78. The van der Waals surface area contributed by atoms with Crippen LogP contribution in [0.4, 0.5) is 15.9 Å². The fraction of sp³-hybridized carbons (Fsp3) is 0.125. The molecule has 6 heteroatoms. The van der Waals surface area contributed by atoms with Crippen LogP contribution in [0.3, 0.4) is 0 Å². The summed E-state index contributed by atoms with van der Waals surface area (Å²) in [6.07, 6.45) is 0. The first-order chi connectivity index (χ1) is 10.6. The van der Waals surface area contributed by atoms with E-state index in [0.717, 1.165) is 5.69 Å². The van der Waals surface area contributed by atoms with Gasteiger partial charge in [0.05, 0.1) is 11.1 Å². The lowest BCUT2D eigenvalue weighted by Crippen LogP contribution is -2.14. The minimum atomic E-state index is -0.466. The molecule has 112 valence electrons. The van der Waals surface area contributed by atoms with E-state index in [9.17, 15) is 9.18 Å². The lowest BCUT2D eigenvalue weighted by Gasteiger charge is -2.13. The van der Waals surface area contributed by atoms with Crippen LogP contribution < -0.4 is 10.2 Å². The molecule has 5 nitrogen and oxygen atoms in total. The average Bonchev–Trinajstić information content (AvgIpc) is 2.90. The maximum absolute atomic E-state index is 13.2. The van der Waals surface area contributed by atoms with E-state index in [1.54, 1.807) is 6.07 Å². The third-order valence-corrected chi connectivity index (χ3v) is 3.28. The second-order valence-corrected chi connectivity index (χ2v) is 5.04. The van der Waals surface area contributed by atoms with Crippen LogP contribution >= 0.6 is 0 Å². The molecule has 0 saturated carbocycles. The lowest BCUT2D eigenvalue weighted by atomic mass is 10.2. The van der Waals surface area contributed by atoms with Gasteiger partial charge in [-0.25, -0.2) is 4.39 Å². The van der Waals surface area contributed by atoms with Gasteiger partial charge in [0.15, 0.2) is 11.4 Å². The Hall–Kier alpha value is -2.89. The van der Waals surface area contributed by atoms with Crippen molar-refractivity contribution in [1.82, 2.24) is 5.16 Å². The third kappa shape index (κ3) is 2.50. The summed E-state index contributed by atoms with van der Waals surface area (Å²) in [6.45, 7) is 0. The van der Waals surface area contributed by atoms with Crippen LogP contribution in [0.5, 0.6) is 0 Å². The molecule has 0 atom stereocenters. The predicted molar refractivity (Wildman–Crippen MR) is 82.7 cm³/mol. The van der Waals surface area contributed by atoms with E-state index < -0.39 is 11.7 Å². The van der Waals surface area contributed by atoms with Crippen LogP contribution in [0, 0.1) is 5.82 Å². The van der Waals surface area contributed by atoms with Crippen molar-refractivity contribution in [2.24, 2.45) is 0 Å². The van der Waals surface area contributed by atoms with E-state index >= 15 is 0 Å². The average molecular weight is 299 g/mol. The highest BCUT2D eigenvalue weighted by Gasteiger charge is 2.16. The van der Waals surface area contributed by atoms with Gasteiger partial charge < -0.3 is 14.7 Å². The van der Waals surface area contributed by atoms with Crippen molar-refractivity contribution in [3.05, 3.63) is 53.8 Å². The summed E-state index contributed by atoms with van der Waals surface area (Å²) >= 11 is 0. The number of anilines is 2. The van der Waals surface area contributed by atoms with Gasteiger partial charge in [-0.15, -0.1) is 0 Å². The number of halogens is 1. The Morgan fingerprint density at radius 2 is 2.00 bits per heavy atom. The highest BCUT2D eigenvalue weighted by atomic mass is 19.1. The van der Waals surface area contributed by atoms with E-state index in [-0.39, 0.29) is 5.56 Å². The third-order valence-electron chi connectivity index (χ3n) is 3.28. The van der Waals surface area contributed by atoms with Gasteiger partial charge in [-0.05, 0) is 30.3 Å². The monoisotopic (exact) mass is 299 g/mol. The van der Waals surface area contributed by atoms with Crippen LogP contribution in [0.15, 0.2) is 47.0 Å². The molecule has 0 unspecified atom stereocenters. The molecular formula is C16H14FN3O2. The van der Waals surface area contributed by atoms with E-state index in [1.807, 2.05) is 31.1 Å². The number of carbonyl (C=O) groups is 1. The van der Waals surface area contributed by atoms with Crippen LogP contribution in [0.2, 0.25) is 0 Å². The molecule has 1 amide bonds. The maximum atomic E-state index is 13.2. The molecule has 0 aliphatic carbocycles. The number of hydrogen-bond acceptors (Lipinski definition) is 4. The Morgan fingerprint density at radius 3 is 2.73 bits per heavy atom. The molecule has 0 fully saturated rings. The lowest BCUT2D eigenvalue weighted by molar-refractivity contribution is 0.102. The van der Waals surface area contributed by atoms with Crippen molar-refractivity contribution in [2.75, 3.05) is 24.3 Å². The number of fused-ring (bicyclic) bond motifs is 1. The van der Waals surface area contributed by atoms with Gasteiger partial charge in [0.25, 0.3) is 5.91 Å². The Labute approximate surface area is 126 Å². The molecule has 0 aliphatic rings. The van der Waals surface area contributed by atoms with Gasteiger partial charge >= 0.3 is 0 Å². The zero-order valence-corrected chi connectivity index (χ0v) is 12.1. The van der Waals surface area contributed by atoms with Crippen molar-refractivity contribution in [1.29, 1.82) is 0 Å². The molecule has 0 aliphatic heterocycles. The Balaban J connectivity index is 1.99. The van der Waals surface area contributed by atoms with Crippen molar-refractivity contribution in [2.45, 2.75) is 0 Å². The second kappa shape index (κ2) is 5.48.